The maximum atomic E-state index is 8.88. The van der Waals surface area contributed by atoms with Crippen LogP contribution < -0.4 is 0 Å². The lowest BCUT2D eigenvalue weighted by atomic mass is 10.1. The van der Waals surface area contributed by atoms with Gasteiger partial charge in [-0.1, -0.05) is 42.2 Å². The standard InChI is InChI=1S/C16H14O/c17-12-11-16-8-4-7-15(13-16)10-9-14-5-2-1-3-6-14/h1-8,13,17H,11-12H2. The lowest BCUT2D eigenvalue weighted by Crippen LogP contribution is -1.90. The van der Waals surface area contributed by atoms with Crippen molar-refractivity contribution in [3.63, 3.8) is 0 Å². The maximum Gasteiger partial charge on any atom is 0.0471 e. The van der Waals surface area contributed by atoms with E-state index in [-0.39, 0.29) is 6.61 Å². The fourth-order valence-electron chi connectivity index (χ4n) is 1.60. The predicted molar refractivity (Wildman–Crippen MR) is 69.7 cm³/mol. The quantitative estimate of drug-likeness (QED) is 0.774. The lowest BCUT2D eigenvalue weighted by Gasteiger charge is -1.98. The molecule has 0 unspecified atom stereocenters. The van der Waals surface area contributed by atoms with Crippen LogP contribution in [0.2, 0.25) is 0 Å². The highest BCUT2D eigenvalue weighted by Gasteiger charge is 1.92. The van der Waals surface area contributed by atoms with Crippen LogP contribution in [0.15, 0.2) is 54.6 Å². The van der Waals surface area contributed by atoms with Crippen LogP contribution in [0.4, 0.5) is 0 Å². The first-order valence-corrected chi connectivity index (χ1v) is 5.65. The molecule has 2 rings (SSSR count). The van der Waals surface area contributed by atoms with Crippen LogP contribution >= 0.6 is 0 Å². The predicted octanol–water partition coefficient (Wildman–Crippen LogP) is 2.62. The Kier molecular flexibility index (Phi) is 3.96. The molecule has 1 heteroatoms. The van der Waals surface area contributed by atoms with Crippen molar-refractivity contribution in [2.45, 2.75) is 6.42 Å². The van der Waals surface area contributed by atoms with Crippen LogP contribution in [-0.4, -0.2) is 11.7 Å². The number of benzene rings is 2. The van der Waals surface area contributed by atoms with E-state index in [0.29, 0.717) is 6.42 Å². The molecule has 1 nitrogen and oxygen atoms in total. The van der Waals surface area contributed by atoms with Crippen molar-refractivity contribution in [3.05, 3.63) is 71.3 Å². The second kappa shape index (κ2) is 5.89. The third-order valence-electron chi connectivity index (χ3n) is 2.45. The summed E-state index contributed by atoms with van der Waals surface area (Å²) < 4.78 is 0. The van der Waals surface area contributed by atoms with Crippen molar-refractivity contribution in [2.24, 2.45) is 0 Å². The molecule has 2 aromatic rings. The van der Waals surface area contributed by atoms with Gasteiger partial charge in [0.05, 0.1) is 0 Å². The van der Waals surface area contributed by atoms with Crippen LogP contribution in [-0.2, 0) is 6.42 Å². The summed E-state index contributed by atoms with van der Waals surface area (Å²) in [5.41, 5.74) is 3.12. The van der Waals surface area contributed by atoms with Crippen LogP contribution in [0.3, 0.4) is 0 Å². The van der Waals surface area contributed by atoms with Gasteiger partial charge in [-0.05, 0) is 36.2 Å². The van der Waals surface area contributed by atoms with Crippen molar-refractivity contribution in [3.8, 4) is 11.8 Å². The molecular weight excluding hydrogens is 208 g/mol. The summed E-state index contributed by atoms with van der Waals surface area (Å²) in [4.78, 5) is 0. The summed E-state index contributed by atoms with van der Waals surface area (Å²) in [6, 6.07) is 17.9. The van der Waals surface area contributed by atoms with Crippen LogP contribution in [0.5, 0.6) is 0 Å². The zero-order valence-electron chi connectivity index (χ0n) is 9.56. The van der Waals surface area contributed by atoms with Crippen LogP contribution in [0, 0.1) is 11.8 Å². The molecule has 2 aromatic carbocycles. The summed E-state index contributed by atoms with van der Waals surface area (Å²) in [5, 5.41) is 8.88. The third-order valence-corrected chi connectivity index (χ3v) is 2.45. The van der Waals surface area contributed by atoms with E-state index in [1.54, 1.807) is 0 Å². The SMILES string of the molecule is OCCc1cccc(C#Cc2ccccc2)c1. The van der Waals surface area contributed by atoms with E-state index < -0.39 is 0 Å². The number of hydrogen-bond donors (Lipinski definition) is 1. The van der Waals surface area contributed by atoms with Crippen molar-refractivity contribution in [2.75, 3.05) is 6.61 Å². The Labute approximate surface area is 102 Å². The van der Waals surface area contributed by atoms with Gasteiger partial charge in [0.1, 0.15) is 0 Å². The van der Waals surface area contributed by atoms with Gasteiger partial charge >= 0.3 is 0 Å². The van der Waals surface area contributed by atoms with E-state index in [2.05, 4.69) is 11.8 Å². The molecule has 0 amide bonds. The van der Waals surface area contributed by atoms with Crippen molar-refractivity contribution in [1.82, 2.24) is 0 Å². The fraction of sp³-hybridized carbons (Fsp3) is 0.125. The van der Waals surface area contributed by atoms with E-state index in [1.807, 2.05) is 54.6 Å². The fourth-order valence-corrected chi connectivity index (χ4v) is 1.60. The molecule has 0 bridgehead atoms. The van der Waals surface area contributed by atoms with Crippen LogP contribution in [0.1, 0.15) is 16.7 Å². The Morgan fingerprint density at radius 2 is 1.53 bits per heavy atom. The number of aliphatic hydroxyl groups excluding tert-OH is 1. The van der Waals surface area contributed by atoms with Crippen molar-refractivity contribution >= 4 is 0 Å². The van der Waals surface area contributed by atoms with E-state index in [4.69, 9.17) is 5.11 Å². The van der Waals surface area contributed by atoms with E-state index in [1.165, 1.54) is 0 Å². The summed E-state index contributed by atoms with van der Waals surface area (Å²) in [7, 11) is 0. The second-order valence-electron chi connectivity index (χ2n) is 3.79. The average molecular weight is 222 g/mol. The Hall–Kier alpha value is -2.04. The first kappa shape index (κ1) is 11.4. The van der Waals surface area contributed by atoms with Gasteiger partial charge < -0.3 is 5.11 Å². The molecule has 0 aliphatic heterocycles. The number of hydrogen-bond acceptors (Lipinski definition) is 1. The molecule has 0 saturated carbocycles. The minimum Gasteiger partial charge on any atom is -0.396 e. The molecule has 0 saturated heterocycles. The minimum atomic E-state index is 0.176. The molecule has 17 heavy (non-hydrogen) atoms. The Balaban J connectivity index is 2.19. The Morgan fingerprint density at radius 3 is 2.29 bits per heavy atom. The second-order valence-corrected chi connectivity index (χ2v) is 3.79. The highest BCUT2D eigenvalue weighted by molar-refractivity contribution is 5.43. The van der Waals surface area contributed by atoms with Gasteiger partial charge in [0.25, 0.3) is 0 Å². The van der Waals surface area contributed by atoms with Gasteiger partial charge in [0.15, 0.2) is 0 Å². The van der Waals surface area contributed by atoms with Crippen molar-refractivity contribution < 1.29 is 5.11 Å². The van der Waals surface area contributed by atoms with Gasteiger partial charge in [-0.25, -0.2) is 0 Å². The highest BCUT2D eigenvalue weighted by atomic mass is 16.2. The molecule has 0 aromatic heterocycles. The number of rotatable bonds is 2. The van der Waals surface area contributed by atoms with E-state index in [0.717, 1.165) is 16.7 Å². The minimum absolute atomic E-state index is 0.176. The zero-order valence-corrected chi connectivity index (χ0v) is 9.56. The molecule has 0 aliphatic rings. The summed E-state index contributed by atoms with van der Waals surface area (Å²) in [6.07, 6.45) is 0.681. The third kappa shape index (κ3) is 3.48. The molecular formula is C16H14O. The van der Waals surface area contributed by atoms with Gasteiger partial charge in [-0.15, -0.1) is 0 Å². The smallest absolute Gasteiger partial charge is 0.0471 e. The summed E-state index contributed by atoms with van der Waals surface area (Å²) >= 11 is 0. The molecule has 84 valence electrons. The topological polar surface area (TPSA) is 20.2 Å². The monoisotopic (exact) mass is 222 g/mol. The summed E-state index contributed by atoms with van der Waals surface area (Å²) in [5.74, 6) is 6.25. The molecule has 0 fully saturated rings. The molecule has 1 N–H and O–H groups in total. The van der Waals surface area contributed by atoms with Gasteiger partial charge in [0, 0.05) is 17.7 Å². The lowest BCUT2D eigenvalue weighted by molar-refractivity contribution is 0.299. The van der Waals surface area contributed by atoms with E-state index in [9.17, 15) is 0 Å². The van der Waals surface area contributed by atoms with Gasteiger partial charge in [0.2, 0.25) is 0 Å². The molecule has 0 atom stereocenters. The number of aliphatic hydroxyl groups is 1. The summed E-state index contributed by atoms with van der Waals surface area (Å²) in [6.45, 7) is 0.176. The van der Waals surface area contributed by atoms with Crippen LogP contribution in [0.25, 0.3) is 0 Å². The molecule has 0 heterocycles. The largest absolute Gasteiger partial charge is 0.396 e. The maximum absolute atomic E-state index is 8.88. The van der Waals surface area contributed by atoms with Gasteiger partial charge in [-0.3, -0.25) is 0 Å². The normalized spacial score (nSPS) is 9.47. The molecule has 0 aliphatic carbocycles. The highest BCUT2D eigenvalue weighted by Crippen LogP contribution is 2.05. The first-order valence-electron chi connectivity index (χ1n) is 5.65. The Morgan fingerprint density at radius 1 is 0.824 bits per heavy atom. The van der Waals surface area contributed by atoms with Crippen molar-refractivity contribution in [1.29, 1.82) is 0 Å². The first-order chi connectivity index (χ1) is 8.38. The molecule has 0 radical (unpaired) electrons. The van der Waals surface area contributed by atoms with Gasteiger partial charge in [-0.2, -0.15) is 0 Å². The Bertz CT molecular complexity index is 532. The van der Waals surface area contributed by atoms with E-state index >= 15 is 0 Å². The molecule has 0 spiro atoms. The zero-order chi connectivity index (χ0) is 11.9. The average Bonchev–Trinajstić information content (AvgIpc) is 2.39.